The van der Waals surface area contributed by atoms with Crippen LogP contribution in [0.4, 0.5) is 5.69 Å². The summed E-state index contributed by atoms with van der Waals surface area (Å²) in [6, 6.07) is 7.67. The third kappa shape index (κ3) is 3.93. The Morgan fingerprint density at radius 1 is 1.26 bits per heavy atom. The van der Waals surface area contributed by atoms with Crippen molar-refractivity contribution < 1.29 is 4.79 Å². The van der Waals surface area contributed by atoms with E-state index in [4.69, 9.17) is 5.73 Å². The van der Waals surface area contributed by atoms with Gasteiger partial charge in [-0.3, -0.25) is 4.79 Å². The van der Waals surface area contributed by atoms with E-state index in [1.807, 2.05) is 24.3 Å². The lowest BCUT2D eigenvalue weighted by molar-refractivity contribution is -0.116. The third-order valence-electron chi connectivity index (χ3n) is 2.84. The van der Waals surface area contributed by atoms with E-state index in [1.54, 1.807) is 12.5 Å². The number of hydrogen-bond donors (Lipinski definition) is 3. The Hall–Kier alpha value is -2.14. The summed E-state index contributed by atoms with van der Waals surface area (Å²) in [5, 5.41) is 2.87. The average Bonchev–Trinajstić information content (AvgIpc) is 2.94. The molecule has 5 nitrogen and oxygen atoms in total. The van der Waals surface area contributed by atoms with E-state index in [-0.39, 0.29) is 5.91 Å². The molecule has 0 radical (unpaired) electrons. The highest BCUT2D eigenvalue weighted by atomic mass is 16.1. The summed E-state index contributed by atoms with van der Waals surface area (Å²) in [6.07, 6.45) is 5.63. The summed E-state index contributed by atoms with van der Waals surface area (Å²) in [5.74, 6) is 0.0303. The minimum atomic E-state index is 0.0303. The fourth-order valence-electron chi connectivity index (χ4n) is 1.80. The fraction of sp³-hybridized carbons (Fsp3) is 0.286. The molecule has 1 heterocycles. The van der Waals surface area contributed by atoms with Gasteiger partial charge in [0.1, 0.15) is 0 Å². The van der Waals surface area contributed by atoms with Crippen molar-refractivity contribution in [2.75, 3.05) is 11.9 Å². The largest absolute Gasteiger partial charge is 0.345 e. The van der Waals surface area contributed by atoms with Crippen molar-refractivity contribution in [3.8, 4) is 11.3 Å². The molecule has 0 fully saturated rings. The van der Waals surface area contributed by atoms with Crippen LogP contribution < -0.4 is 11.1 Å². The first-order valence-corrected chi connectivity index (χ1v) is 6.38. The van der Waals surface area contributed by atoms with Crippen LogP contribution in [0, 0.1) is 0 Å². The monoisotopic (exact) mass is 258 g/mol. The minimum Gasteiger partial charge on any atom is -0.345 e. The number of H-pyrrole nitrogens is 1. The second kappa shape index (κ2) is 6.70. The van der Waals surface area contributed by atoms with E-state index in [1.165, 1.54) is 0 Å². The lowest BCUT2D eigenvalue weighted by atomic mass is 10.1. The lowest BCUT2D eigenvalue weighted by Crippen LogP contribution is -2.11. The number of unbranched alkanes of at least 4 members (excludes halogenated alkanes) is 1. The van der Waals surface area contributed by atoms with Gasteiger partial charge in [-0.05, 0) is 37.1 Å². The van der Waals surface area contributed by atoms with Crippen molar-refractivity contribution in [2.24, 2.45) is 5.73 Å². The Balaban J connectivity index is 1.90. The zero-order valence-corrected chi connectivity index (χ0v) is 10.7. The first-order valence-electron chi connectivity index (χ1n) is 6.38. The normalized spacial score (nSPS) is 10.4. The van der Waals surface area contributed by atoms with Crippen LogP contribution in [0.5, 0.6) is 0 Å². The first kappa shape index (κ1) is 13.3. The SMILES string of the molecule is NCCCCC(=O)Nc1ccc(-c2cnc[nH]2)cc1. The number of aromatic amines is 1. The fourth-order valence-corrected chi connectivity index (χ4v) is 1.80. The summed E-state index contributed by atoms with van der Waals surface area (Å²) in [6.45, 7) is 0.631. The molecule has 0 saturated carbocycles. The molecular formula is C14H18N4O. The van der Waals surface area contributed by atoms with Gasteiger partial charge in [0.2, 0.25) is 5.91 Å². The topological polar surface area (TPSA) is 83.8 Å². The number of nitrogens with zero attached hydrogens (tertiary/aromatic N) is 1. The molecule has 1 amide bonds. The van der Waals surface area contributed by atoms with Gasteiger partial charge in [-0.1, -0.05) is 12.1 Å². The number of carbonyl (C=O) groups is 1. The Morgan fingerprint density at radius 2 is 2.05 bits per heavy atom. The molecule has 0 bridgehead atoms. The molecule has 5 heteroatoms. The van der Waals surface area contributed by atoms with Gasteiger partial charge in [0.25, 0.3) is 0 Å². The molecule has 0 saturated heterocycles. The highest BCUT2D eigenvalue weighted by Gasteiger charge is 2.03. The maximum absolute atomic E-state index is 11.6. The summed E-state index contributed by atoms with van der Waals surface area (Å²) in [7, 11) is 0. The molecule has 0 spiro atoms. The van der Waals surface area contributed by atoms with Gasteiger partial charge in [-0.2, -0.15) is 0 Å². The van der Waals surface area contributed by atoms with E-state index in [0.29, 0.717) is 13.0 Å². The Labute approximate surface area is 112 Å². The molecule has 4 N–H and O–H groups in total. The molecule has 0 atom stereocenters. The highest BCUT2D eigenvalue weighted by Crippen LogP contribution is 2.18. The van der Waals surface area contributed by atoms with Crippen molar-refractivity contribution >= 4 is 11.6 Å². The van der Waals surface area contributed by atoms with Crippen LogP contribution in [0.1, 0.15) is 19.3 Å². The Bertz CT molecular complexity index is 505. The van der Waals surface area contributed by atoms with Crippen LogP contribution in [0.3, 0.4) is 0 Å². The lowest BCUT2D eigenvalue weighted by Gasteiger charge is -2.05. The van der Waals surface area contributed by atoms with Gasteiger partial charge in [0, 0.05) is 12.1 Å². The van der Waals surface area contributed by atoms with E-state index in [0.717, 1.165) is 29.8 Å². The predicted molar refractivity (Wildman–Crippen MR) is 75.6 cm³/mol. The van der Waals surface area contributed by atoms with Crippen LogP contribution in [-0.4, -0.2) is 22.4 Å². The number of benzene rings is 1. The summed E-state index contributed by atoms with van der Waals surface area (Å²) < 4.78 is 0. The van der Waals surface area contributed by atoms with E-state index >= 15 is 0 Å². The van der Waals surface area contributed by atoms with Crippen molar-refractivity contribution in [2.45, 2.75) is 19.3 Å². The summed E-state index contributed by atoms with van der Waals surface area (Å²) in [4.78, 5) is 18.6. The van der Waals surface area contributed by atoms with Crippen molar-refractivity contribution in [3.05, 3.63) is 36.8 Å². The van der Waals surface area contributed by atoms with Gasteiger partial charge in [0.05, 0.1) is 18.2 Å². The number of nitrogens with two attached hydrogens (primary N) is 1. The number of hydrogen-bond acceptors (Lipinski definition) is 3. The molecular weight excluding hydrogens is 240 g/mol. The van der Waals surface area contributed by atoms with Crippen LogP contribution in [-0.2, 0) is 4.79 Å². The molecule has 100 valence electrons. The number of amides is 1. The number of rotatable bonds is 6. The van der Waals surface area contributed by atoms with Crippen LogP contribution in [0.25, 0.3) is 11.3 Å². The van der Waals surface area contributed by atoms with E-state index < -0.39 is 0 Å². The number of anilines is 1. The molecule has 1 aromatic heterocycles. The average molecular weight is 258 g/mol. The second-order valence-corrected chi connectivity index (χ2v) is 4.34. The van der Waals surface area contributed by atoms with Crippen molar-refractivity contribution in [3.63, 3.8) is 0 Å². The Kier molecular flexibility index (Phi) is 4.69. The summed E-state index contributed by atoms with van der Waals surface area (Å²) in [5.41, 5.74) is 8.20. The van der Waals surface area contributed by atoms with E-state index in [2.05, 4.69) is 15.3 Å². The first-order chi connectivity index (χ1) is 9.29. The minimum absolute atomic E-state index is 0.0303. The second-order valence-electron chi connectivity index (χ2n) is 4.34. The maximum atomic E-state index is 11.6. The van der Waals surface area contributed by atoms with Gasteiger partial charge < -0.3 is 16.0 Å². The van der Waals surface area contributed by atoms with Crippen LogP contribution >= 0.6 is 0 Å². The molecule has 0 unspecified atom stereocenters. The smallest absolute Gasteiger partial charge is 0.224 e. The van der Waals surface area contributed by atoms with Gasteiger partial charge in [0.15, 0.2) is 0 Å². The maximum Gasteiger partial charge on any atom is 0.224 e. The molecule has 2 aromatic rings. The number of aromatic nitrogens is 2. The number of imidazole rings is 1. The van der Waals surface area contributed by atoms with Crippen LogP contribution in [0.2, 0.25) is 0 Å². The number of carbonyl (C=O) groups excluding carboxylic acids is 1. The van der Waals surface area contributed by atoms with Crippen molar-refractivity contribution in [1.29, 1.82) is 0 Å². The summed E-state index contributed by atoms with van der Waals surface area (Å²) >= 11 is 0. The van der Waals surface area contributed by atoms with Crippen LogP contribution in [0.15, 0.2) is 36.8 Å². The molecule has 19 heavy (non-hydrogen) atoms. The van der Waals surface area contributed by atoms with Gasteiger partial charge in [-0.25, -0.2) is 4.98 Å². The molecule has 0 aliphatic heterocycles. The molecule has 1 aromatic carbocycles. The Morgan fingerprint density at radius 3 is 2.68 bits per heavy atom. The quantitative estimate of drug-likeness (QED) is 0.694. The zero-order valence-electron chi connectivity index (χ0n) is 10.7. The highest BCUT2D eigenvalue weighted by molar-refractivity contribution is 5.90. The standard InChI is InChI=1S/C14H18N4O/c15-8-2-1-3-14(19)18-12-6-4-11(5-7-12)13-9-16-10-17-13/h4-7,9-10H,1-3,8,15H2,(H,16,17)(H,18,19). The molecule has 0 aliphatic rings. The van der Waals surface area contributed by atoms with Gasteiger partial charge >= 0.3 is 0 Å². The van der Waals surface area contributed by atoms with E-state index in [9.17, 15) is 4.79 Å². The van der Waals surface area contributed by atoms with Gasteiger partial charge in [-0.15, -0.1) is 0 Å². The number of nitrogens with one attached hydrogen (secondary N) is 2. The third-order valence-corrected chi connectivity index (χ3v) is 2.84. The molecule has 0 aliphatic carbocycles. The zero-order chi connectivity index (χ0) is 13.5. The molecule has 2 rings (SSSR count). The predicted octanol–water partition coefficient (Wildman–Crippen LogP) is 2.14. The van der Waals surface area contributed by atoms with Crippen molar-refractivity contribution in [1.82, 2.24) is 9.97 Å².